The van der Waals surface area contributed by atoms with Gasteiger partial charge in [-0.15, -0.1) is 0 Å². The van der Waals surface area contributed by atoms with Crippen molar-refractivity contribution in [2.75, 3.05) is 13.2 Å². The Labute approximate surface area is 223 Å². The van der Waals surface area contributed by atoms with Crippen molar-refractivity contribution in [2.45, 2.75) is 58.8 Å². The van der Waals surface area contributed by atoms with Gasteiger partial charge in [0.15, 0.2) is 0 Å². The maximum absolute atomic E-state index is 5.89. The van der Waals surface area contributed by atoms with E-state index in [1.807, 2.05) is 0 Å². The van der Waals surface area contributed by atoms with Gasteiger partial charge in [0.25, 0.3) is 0 Å². The number of unbranched alkanes of at least 4 members (excludes halogenated alkanes) is 1. The number of ether oxygens (including phenoxy) is 2. The van der Waals surface area contributed by atoms with Crippen LogP contribution in [-0.4, -0.2) is 13.2 Å². The van der Waals surface area contributed by atoms with Gasteiger partial charge in [-0.25, -0.2) is 0 Å². The maximum atomic E-state index is 5.89. The number of benzene rings is 4. The van der Waals surface area contributed by atoms with Gasteiger partial charge in [0, 0.05) is 0 Å². The number of hydrogen-bond donors (Lipinski definition) is 0. The molecule has 0 unspecified atom stereocenters. The van der Waals surface area contributed by atoms with Crippen LogP contribution >= 0.6 is 0 Å². The van der Waals surface area contributed by atoms with Crippen molar-refractivity contribution in [3.63, 3.8) is 0 Å². The molecule has 0 saturated heterocycles. The average molecular weight is 493 g/mol. The third-order valence-corrected chi connectivity index (χ3v) is 6.97. The predicted molar refractivity (Wildman–Crippen MR) is 156 cm³/mol. The molecule has 4 aromatic rings. The topological polar surface area (TPSA) is 18.5 Å². The molecule has 0 heterocycles. The Morgan fingerprint density at radius 1 is 0.459 bits per heavy atom. The highest BCUT2D eigenvalue weighted by Crippen LogP contribution is 2.56. The Kier molecular flexibility index (Phi) is 9.06. The van der Waals surface area contributed by atoms with Crippen LogP contribution < -0.4 is 9.47 Å². The molecular weight excluding hydrogens is 452 g/mol. The van der Waals surface area contributed by atoms with Crippen molar-refractivity contribution >= 4 is 0 Å². The predicted octanol–water partition coefficient (Wildman–Crippen LogP) is 9.43. The van der Waals surface area contributed by atoms with Gasteiger partial charge in [-0.1, -0.05) is 113 Å². The molecule has 0 fully saturated rings. The summed E-state index contributed by atoms with van der Waals surface area (Å²) < 4.78 is 11.8. The lowest BCUT2D eigenvalue weighted by molar-refractivity contribution is 0.317. The fourth-order valence-corrected chi connectivity index (χ4v) is 5.07. The van der Waals surface area contributed by atoms with Crippen LogP contribution in [0.5, 0.6) is 11.5 Å². The summed E-state index contributed by atoms with van der Waals surface area (Å²) in [4.78, 5) is 0. The summed E-state index contributed by atoms with van der Waals surface area (Å²) in [7, 11) is 0. The highest BCUT2D eigenvalue weighted by Gasteiger charge is 2.45. The Bertz CT molecular complexity index is 1150. The van der Waals surface area contributed by atoms with E-state index < -0.39 is 0 Å². The largest absolute Gasteiger partial charge is 0.494 e. The van der Waals surface area contributed by atoms with Gasteiger partial charge in [-0.3, -0.25) is 0 Å². The van der Waals surface area contributed by atoms with Gasteiger partial charge < -0.3 is 9.47 Å². The van der Waals surface area contributed by atoms with Crippen LogP contribution in [0, 0.1) is 0 Å². The molecule has 2 heteroatoms. The molecule has 2 nitrogen and oxygen atoms in total. The maximum Gasteiger partial charge on any atom is 0.119 e. The minimum absolute atomic E-state index is 0.389. The second-order valence-electron chi connectivity index (χ2n) is 9.59. The first-order chi connectivity index (χ1) is 18.2. The number of fused-ring (bicyclic) bond motifs is 3. The molecule has 0 aromatic heterocycles. The Hall–Kier alpha value is -3.52. The molecule has 0 atom stereocenters. The van der Waals surface area contributed by atoms with E-state index in [9.17, 15) is 0 Å². The fourth-order valence-electron chi connectivity index (χ4n) is 5.07. The summed E-state index contributed by atoms with van der Waals surface area (Å²) >= 11 is 0. The first-order valence-corrected chi connectivity index (χ1v) is 13.9. The second kappa shape index (κ2) is 12.6. The summed E-state index contributed by atoms with van der Waals surface area (Å²) in [5.74, 6) is 1.83. The molecule has 37 heavy (non-hydrogen) atoms. The first-order valence-electron chi connectivity index (χ1n) is 13.9. The Morgan fingerprint density at radius 3 is 1.19 bits per heavy atom. The van der Waals surface area contributed by atoms with Crippen molar-refractivity contribution in [1.29, 1.82) is 0 Å². The number of hydrogen-bond acceptors (Lipinski definition) is 2. The van der Waals surface area contributed by atoms with E-state index in [2.05, 4.69) is 125 Å². The normalized spacial score (nSPS) is 12.6. The summed E-state index contributed by atoms with van der Waals surface area (Å²) in [6.45, 7) is 10.1. The van der Waals surface area contributed by atoms with E-state index in [1.165, 1.54) is 46.2 Å². The molecule has 1 aliphatic rings. The highest BCUT2D eigenvalue weighted by atomic mass is 16.5. The van der Waals surface area contributed by atoms with Crippen molar-refractivity contribution in [2.24, 2.45) is 0 Å². The van der Waals surface area contributed by atoms with Gasteiger partial charge in [0.1, 0.15) is 11.5 Å². The molecule has 0 aliphatic heterocycles. The minimum atomic E-state index is -0.389. The van der Waals surface area contributed by atoms with Crippen molar-refractivity contribution < 1.29 is 9.47 Å². The van der Waals surface area contributed by atoms with Crippen LogP contribution in [0.1, 0.15) is 75.6 Å². The summed E-state index contributed by atoms with van der Waals surface area (Å²) in [6.07, 6.45) is 4.64. The van der Waals surface area contributed by atoms with Crippen LogP contribution in [0.25, 0.3) is 11.1 Å². The van der Waals surface area contributed by atoms with E-state index in [1.54, 1.807) is 0 Å². The van der Waals surface area contributed by atoms with Crippen LogP contribution in [-0.2, 0) is 5.41 Å². The molecule has 0 N–H and O–H groups in total. The zero-order chi connectivity index (χ0) is 26.1. The van der Waals surface area contributed by atoms with Crippen molar-refractivity contribution in [3.8, 4) is 22.6 Å². The first kappa shape index (κ1) is 26.5. The van der Waals surface area contributed by atoms with E-state index in [4.69, 9.17) is 9.47 Å². The molecule has 5 rings (SSSR count). The third kappa shape index (κ3) is 5.30. The molecular formula is C35H40O2. The summed E-state index contributed by atoms with van der Waals surface area (Å²) in [5, 5.41) is 0. The Balaban J connectivity index is 0.000000747. The summed E-state index contributed by atoms with van der Waals surface area (Å²) in [6, 6.07) is 34.9. The third-order valence-electron chi connectivity index (χ3n) is 6.97. The number of rotatable bonds is 9. The van der Waals surface area contributed by atoms with E-state index in [-0.39, 0.29) is 5.41 Å². The quantitative estimate of drug-likeness (QED) is 0.204. The SMILES string of the molecule is CCCC.CCCOc1ccc(C2(c3ccc(OCCC)cc3)c3ccccc3-c3ccccc32)cc1. The van der Waals surface area contributed by atoms with Crippen LogP contribution in [0.4, 0.5) is 0 Å². The van der Waals surface area contributed by atoms with Gasteiger partial charge >= 0.3 is 0 Å². The van der Waals surface area contributed by atoms with E-state index in [0.29, 0.717) is 0 Å². The lowest BCUT2D eigenvalue weighted by Gasteiger charge is -2.34. The molecule has 0 radical (unpaired) electrons. The van der Waals surface area contributed by atoms with Crippen LogP contribution in [0.2, 0.25) is 0 Å². The monoisotopic (exact) mass is 492 g/mol. The second-order valence-corrected chi connectivity index (χ2v) is 9.59. The molecule has 0 bridgehead atoms. The standard InChI is InChI=1S/C31H30O2.C4H10/c1-3-21-32-25-17-13-23(14-18-25)31(24-15-19-26(20-16-24)33-22-4-2)29-11-7-5-9-27(29)28-10-6-8-12-30(28)31;1-3-4-2/h5-20H,3-4,21-22H2,1-2H3;3-4H2,1-2H3. The zero-order valence-electron chi connectivity index (χ0n) is 22.8. The molecule has 0 spiro atoms. The van der Waals surface area contributed by atoms with Crippen LogP contribution in [0.15, 0.2) is 97.1 Å². The van der Waals surface area contributed by atoms with Gasteiger partial charge in [-0.05, 0) is 70.5 Å². The van der Waals surface area contributed by atoms with E-state index >= 15 is 0 Å². The minimum Gasteiger partial charge on any atom is -0.494 e. The molecule has 0 amide bonds. The lowest BCUT2D eigenvalue weighted by atomic mass is 9.68. The fraction of sp³-hybridized carbons (Fsp3) is 0.314. The van der Waals surface area contributed by atoms with Crippen molar-refractivity contribution in [3.05, 3.63) is 119 Å². The Morgan fingerprint density at radius 2 is 0.838 bits per heavy atom. The molecule has 192 valence electrons. The van der Waals surface area contributed by atoms with Gasteiger partial charge in [-0.2, -0.15) is 0 Å². The lowest BCUT2D eigenvalue weighted by Crippen LogP contribution is -2.28. The smallest absolute Gasteiger partial charge is 0.119 e. The van der Waals surface area contributed by atoms with Crippen LogP contribution in [0.3, 0.4) is 0 Å². The van der Waals surface area contributed by atoms with Crippen molar-refractivity contribution in [1.82, 2.24) is 0 Å². The zero-order valence-corrected chi connectivity index (χ0v) is 22.8. The van der Waals surface area contributed by atoms with Gasteiger partial charge in [0.05, 0.1) is 18.6 Å². The van der Waals surface area contributed by atoms with Gasteiger partial charge in [0.2, 0.25) is 0 Å². The molecule has 1 aliphatic carbocycles. The molecule has 4 aromatic carbocycles. The molecule has 0 saturated carbocycles. The van der Waals surface area contributed by atoms with E-state index in [0.717, 1.165) is 37.6 Å². The average Bonchev–Trinajstić information content (AvgIpc) is 3.27. The highest BCUT2D eigenvalue weighted by molar-refractivity contribution is 5.86. The summed E-state index contributed by atoms with van der Waals surface area (Å²) in [5.41, 5.74) is 7.32.